The fourth-order valence-electron chi connectivity index (χ4n) is 5.02. The van der Waals surface area contributed by atoms with Crippen LogP contribution in [0.4, 0.5) is 22.7 Å². The highest BCUT2D eigenvalue weighted by Crippen LogP contribution is 2.17. The van der Waals surface area contributed by atoms with Gasteiger partial charge in [-0.25, -0.2) is 0 Å². The second kappa shape index (κ2) is 26.6. The Morgan fingerprint density at radius 3 is 1.03 bits per heavy atom. The third-order valence-corrected chi connectivity index (χ3v) is 8.44. The van der Waals surface area contributed by atoms with E-state index in [1.165, 1.54) is 69.9 Å². The minimum Gasteiger partial charge on any atom is -0.480 e. The van der Waals surface area contributed by atoms with Crippen molar-refractivity contribution in [1.29, 1.82) is 0 Å². The van der Waals surface area contributed by atoms with Crippen LogP contribution in [-0.2, 0) is 59.1 Å². The maximum absolute atomic E-state index is 11.2. The van der Waals surface area contributed by atoms with Crippen LogP contribution in [0, 0.1) is 42.2 Å². The molecule has 0 spiro atoms. The average molecular weight is 851 g/mol. The first-order valence-electron chi connectivity index (χ1n) is 18.2. The van der Waals surface area contributed by atoms with Crippen molar-refractivity contribution in [2.24, 2.45) is 23.3 Å². The number of nitrogens with zero attached hydrogens (tertiary/aromatic N) is 3. The first kappa shape index (κ1) is 51.7. The van der Waals surface area contributed by atoms with Crippen LogP contribution in [0.15, 0.2) is 97.1 Å². The predicted octanol–water partition coefficient (Wildman–Crippen LogP) is 4.75. The molecule has 0 amide bonds. The van der Waals surface area contributed by atoms with Crippen molar-refractivity contribution >= 4 is 46.6 Å². The van der Waals surface area contributed by atoms with Crippen LogP contribution in [-0.4, -0.2) is 77.2 Å². The highest BCUT2D eigenvalue weighted by molar-refractivity contribution is 5.76. The molecule has 4 rings (SSSR count). The molecular weight excluding hydrogens is 800 g/mol. The summed E-state index contributed by atoms with van der Waals surface area (Å²) in [5, 5.41) is 39.7. The largest absolute Gasteiger partial charge is 0.480 e. The summed E-state index contributed by atoms with van der Waals surface area (Å²) in [4.78, 5) is 73.5. The van der Waals surface area contributed by atoms with Gasteiger partial charge in [-0.05, 0) is 60.1 Å². The Labute approximate surface area is 351 Å². The fourth-order valence-corrected chi connectivity index (χ4v) is 5.02. The highest BCUT2D eigenvalue weighted by Gasteiger charge is 2.17. The van der Waals surface area contributed by atoms with Crippen LogP contribution in [0.3, 0.4) is 0 Å². The molecule has 61 heavy (non-hydrogen) atoms. The van der Waals surface area contributed by atoms with Gasteiger partial charge in [0.1, 0.15) is 12.1 Å². The van der Waals surface area contributed by atoms with Gasteiger partial charge in [-0.3, -0.25) is 49.5 Å². The molecule has 20 nitrogen and oxygen atoms in total. The zero-order chi connectivity index (χ0) is 46.2. The van der Waals surface area contributed by atoms with Crippen molar-refractivity contribution in [2.45, 2.75) is 51.6 Å². The highest BCUT2D eigenvalue weighted by atomic mass is 16.6. The molecule has 4 aromatic carbocycles. The number of anilines is 1. The Bertz CT molecular complexity index is 1970. The van der Waals surface area contributed by atoms with Gasteiger partial charge in [0.05, 0.1) is 47.9 Å². The normalized spacial score (nSPS) is 12.0. The number of nitrogens with two attached hydrogens (primary N) is 3. The van der Waals surface area contributed by atoms with Crippen LogP contribution >= 0.6 is 0 Å². The number of nitrogen functional groups attached to an aromatic ring is 1. The minimum absolute atomic E-state index is 0.00962. The molecule has 4 atom stereocenters. The number of benzene rings is 4. The Morgan fingerprint density at radius 1 is 0.508 bits per heavy atom. The minimum atomic E-state index is -1.09. The topological polar surface area (TPSA) is 324 Å². The zero-order valence-corrected chi connectivity index (χ0v) is 34.2. The zero-order valence-electron chi connectivity index (χ0n) is 34.2. The molecule has 0 saturated heterocycles. The summed E-state index contributed by atoms with van der Waals surface area (Å²) in [5.41, 5.74) is 20.6. The lowest BCUT2D eigenvalue weighted by molar-refractivity contribution is -0.385. The molecule has 0 aromatic heterocycles. The van der Waals surface area contributed by atoms with E-state index in [1.54, 1.807) is 31.2 Å². The standard InChI is InChI=1S/C11H13NO4.C11H15NO2.C10H12N2O4.C9H10N2O4/c1-8(11(13)16-2)7-9-3-5-10(6-4-9)12(14)15;1-8(11(13)14-2)7-9-3-5-10(12)6-4-9;1-16-10(13)9(11)6-7-2-4-8(5-3-7)12(14)15;10-8(9(12)13)5-6-1-3-7(4-2-6)11(14)15/h3-6,8H,7H2,1-2H3;3-6,8H,7,12H2,1-2H3;2-5,9H,6,11H2,1H3;1-4,8H,5,10H2,(H,12,13)/t2*8-;9-;8-/m1111/s1. The van der Waals surface area contributed by atoms with E-state index in [4.69, 9.17) is 22.3 Å². The molecule has 20 heteroatoms. The van der Waals surface area contributed by atoms with Gasteiger partial charge in [-0.2, -0.15) is 0 Å². The number of ether oxygens (including phenoxy) is 3. The lowest BCUT2D eigenvalue weighted by Gasteiger charge is -2.08. The number of nitro benzene ring substituents is 3. The lowest BCUT2D eigenvalue weighted by Crippen LogP contribution is -2.33. The Kier molecular flexibility index (Phi) is 22.6. The third kappa shape index (κ3) is 19.8. The Balaban J connectivity index is 0.000000407. The molecule has 0 unspecified atom stereocenters. The van der Waals surface area contributed by atoms with Crippen LogP contribution in [0.2, 0.25) is 0 Å². The molecule has 0 radical (unpaired) electrons. The molecule has 0 aliphatic rings. The molecule has 0 heterocycles. The molecule has 0 saturated carbocycles. The fraction of sp³-hybridized carbons (Fsp3) is 0.317. The number of hydrogen-bond donors (Lipinski definition) is 4. The van der Waals surface area contributed by atoms with Crippen LogP contribution in [0.25, 0.3) is 0 Å². The van der Waals surface area contributed by atoms with Gasteiger partial charge in [0.2, 0.25) is 0 Å². The van der Waals surface area contributed by atoms with E-state index in [1.807, 2.05) is 31.2 Å². The van der Waals surface area contributed by atoms with Gasteiger partial charge < -0.3 is 36.5 Å². The first-order chi connectivity index (χ1) is 28.7. The van der Waals surface area contributed by atoms with Gasteiger partial charge >= 0.3 is 23.9 Å². The number of carbonyl (C=O) groups is 4. The van der Waals surface area contributed by atoms with Gasteiger partial charge in [0, 0.05) is 42.1 Å². The summed E-state index contributed by atoms with van der Waals surface area (Å²) in [6, 6.07) is 23.5. The van der Waals surface area contributed by atoms with Crippen molar-refractivity contribution < 1.29 is 53.3 Å². The second-order valence-corrected chi connectivity index (χ2v) is 13.3. The van der Waals surface area contributed by atoms with Gasteiger partial charge in [0.15, 0.2) is 0 Å². The van der Waals surface area contributed by atoms with Crippen molar-refractivity contribution in [2.75, 3.05) is 27.1 Å². The number of nitro groups is 3. The quantitative estimate of drug-likeness (QED) is 0.0412. The molecule has 0 aliphatic heterocycles. The van der Waals surface area contributed by atoms with Gasteiger partial charge in [0.25, 0.3) is 17.1 Å². The van der Waals surface area contributed by atoms with Crippen LogP contribution in [0.5, 0.6) is 0 Å². The van der Waals surface area contributed by atoms with Crippen molar-refractivity contribution in [1.82, 2.24) is 0 Å². The lowest BCUT2D eigenvalue weighted by atomic mass is 10.0. The summed E-state index contributed by atoms with van der Waals surface area (Å²) >= 11 is 0. The molecule has 328 valence electrons. The Hall–Kier alpha value is -7.32. The van der Waals surface area contributed by atoms with Gasteiger partial charge in [-0.1, -0.05) is 62.4 Å². The number of carboxylic acids is 1. The molecule has 4 aromatic rings. The predicted molar refractivity (Wildman–Crippen MR) is 223 cm³/mol. The number of methoxy groups -OCH3 is 3. The monoisotopic (exact) mass is 850 g/mol. The van der Waals surface area contributed by atoms with E-state index in [0.29, 0.717) is 24.8 Å². The molecule has 7 N–H and O–H groups in total. The van der Waals surface area contributed by atoms with E-state index >= 15 is 0 Å². The maximum atomic E-state index is 11.2. The smallest absolute Gasteiger partial charge is 0.322 e. The van der Waals surface area contributed by atoms with Crippen LogP contribution in [0.1, 0.15) is 36.1 Å². The third-order valence-electron chi connectivity index (χ3n) is 8.44. The van der Waals surface area contributed by atoms with Gasteiger partial charge in [-0.15, -0.1) is 0 Å². The van der Waals surface area contributed by atoms with Crippen molar-refractivity contribution in [3.05, 3.63) is 150 Å². The van der Waals surface area contributed by atoms with Crippen LogP contribution < -0.4 is 17.2 Å². The number of esters is 3. The molecule has 0 aliphatic carbocycles. The van der Waals surface area contributed by atoms with E-state index in [-0.39, 0.29) is 47.3 Å². The number of hydrogen-bond acceptors (Lipinski definition) is 16. The summed E-state index contributed by atoms with van der Waals surface area (Å²) in [5.74, 6) is -2.40. The number of carbonyl (C=O) groups excluding carboxylic acids is 3. The number of aliphatic carboxylic acids is 1. The summed E-state index contributed by atoms with van der Waals surface area (Å²) < 4.78 is 13.7. The number of rotatable bonds is 15. The van der Waals surface area contributed by atoms with E-state index in [0.717, 1.165) is 22.4 Å². The maximum Gasteiger partial charge on any atom is 0.322 e. The summed E-state index contributed by atoms with van der Waals surface area (Å²) in [6.45, 7) is 3.61. The molecule has 0 bridgehead atoms. The van der Waals surface area contributed by atoms with E-state index in [2.05, 4.69) is 14.2 Å². The first-order valence-corrected chi connectivity index (χ1v) is 18.2. The Morgan fingerprint density at radius 2 is 0.770 bits per heavy atom. The number of non-ortho nitro benzene ring substituents is 3. The molecular formula is C41H50N6O14. The summed E-state index contributed by atoms with van der Waals surface area (Å²) in [7, 11) is 4.01. The summed E-state index contributed by atoms with van der Waals surface area (Å²) in [6.07, 6.45) is 1.66. The second-order valence-electron chi connectivity index (χ2n) is 13.3. The van der Waals surface area contributed by atoms with E-state index in [9.17, 15) is 49.5 Å². The average Bonchev–Trinajstić information content (AvgIpc) is 3.24. The molecule has 0 fully saturated rings. The van der Waals surface area contributed by atoms with Crippen molar-refractivity contribution in [3.8, 4) is 0 Å². The van der Waals surface area contributed by atoms with E-state index < -0.39 is 38.8 Å². The number of carboxylic acid groups (broad SMARTS) is 1. The van der Waals surface area contributed by atoms with Crippen molar-refractivity contribution in [3.63, 3.8) is 0 Å². The SMILES string of the molecule is COC(=O)[C@H](C)Cc1ccc(N)cc1.COC(=O)[C@H](C)Cc1ccc([N+](=O)[O-])cc1.COC(=O)[C@H](N)Cc1ccc([N+](=O)[O-])cc1.N[C@H](Cc1ccc([N+](=O)[O-])cc1)C(=O)O.